The Bertz CT molecular complexity index is 956. The second-order valence-electron chi connectivity index (χ2n) is 6.38. The molecule has 0 amide bonds. The standard InChI is InChI=1S/C18H21F2N7O/c1-2-7-21-16-23-17(26-8-10-28-11-9-26)25-18(24-16)27-13-6-4-3-5-12(13)22-15(27)14(19)20/h3-6,14H,2,7-11H2,1H3,(H,21,23,24,25). The number of nitrogens with one attached hydrogen (secondary N) is 1. The Labute approximate surface area is 160 Å². The van der Waals surface area contributed by atoms with Gasteiger partial charge in [-0.2, -0.15) is 15.0 Å². The number of hydrogen-bond acceptors (Lipinski definition) is 7. The topological polar surface area (TPSA) is 81.0 Å². The molecule has 1 fully saturated rings. The summed E-state index contributed by atoms with van der Waals surface area (Å²) in [5.74, 6) is 0.525. The molecule has 2 aromatic heterocycles. The van der Waals surface area contributed by atoms with Crippen molar-refractivity contribution < 1.29 is 13.5 Å². The van der Waals surface area contributed by atoms with Gasteiger partial charge in [-0.3, -0.25) is 4.57 Å². The van der Waals surface area contributed by atoms with Crippen molar-refractivity contribution in [2.45, 2.75) is 19.8 Å². The molecule has 3 aromatic rings. The van der Waals surface area contributed by atoms with Gasteiger partial charge >= 0.3 is 0 Å². The lowest BCUT2D eigenvalue weighted by Crippen LogP contribution is -2.37. The Balaban J connectivity index is 1.86. The summed E-state index contributed by atoms with van der Waals surface area (Å²) < 4.78 is 34.1. The molecule has 1 N–H and O–H groups in total. The maximum atomic E-state index is 13.7. The van der Waals surface area contributed by atoms with Crippen LogP contribution in [-0.4, -0.2) is 57.4 Å². The highest BCUT2D eigenvalue weighted by Crippen LogP contribution is 2.27. The molecule has 1 aromatic carbocycles. The van der Waals surface area contributed by atoms with E-state index in [0.29, 0.717) is 55.8 Å². The van der Waals surface area contributed by atoms with Crippen molar-refractivity contribution in [3.05, 3.63) is 30.1 Å². The molecule has 4 rings (SSSR count). The zero-order valence-corrected chi connectivity index (χ0v) is 15.5. The molecular formula is C18H21F2N7O. The van der Waals surface area contributed by atoms with Crippen molar-refractivity contribution >= 4 is 22.9 Å². The number of aromatic nitrogens is 5. The number of hydrogen-bond donors (Lipinski definition) is 1. The number of imidazole rings is 1. The second-order valence-corrected chi connectivity index (χ2v) is 6.38. The van der Waals surface area contributed by atoms with E-state index in [0.717, 1.165) is 6.42 Å². The van der Waals surface area contributed by atoms with Crippen LogP contribution >= 0.6 is 0 Å². The van der Waals surface area contributed by atoms with Crippen LogP contribution < -0.4 is 10.2 Å². The van der Waals surface area contributed by atoms with Crippen molar-refractivity contribution in [3.63, 3.8) is 0 Å². The molecule has 10 heteroatoms. The van der Waals surface area contributed by atoms with Gasteiger partial charge < -0.3 is 15.0 Å². The molecule has 8 nitrogen and oxygen atoms in total. The van der Waals surface area contributed by atoms with Gasteiger partial charge in [0.1, 0.15) is 0 Å². The minimum absolute atomic E-state index is 0.124. The third kappa shape index (κ3) is 3.59. The summed E-state index contributed by atoms with van der Waals surface area (Å²) in [5, 5.41) is 3.13. The summed E-state index contributed by atoms with van der Waals surface area (Å²) in [5.41, 5.74) is 0.993. The highest BCUT2D eigenvalue weighted by atomic mass is 19.3. The number of rotatable bonds is 6. The van der Waals surface area contributed by atoms with Gasteiger partial charge in [-0.15, -0.1) is 0 Å². The largest absolute Gasteiger partial charge is 0.378 e. The first-order valence-electron chi connectivity index (χ1n) is 9.26. The Morgan fingerprint density at radius 2 is 1.82 bits per heavy atom. The third-order valence-electron chi connectivity index (χ3n) is 4.42. The number of ether oxygens (including phenoxy) is 1. The number of anilines is 2. The summed E-state index contributed by atoms with van der Waals surface area (Å²) in [7, 11) is 0. The van der Waals surface area contributed by atoms with E-state index in [4.69, 9.17) is 4.74 Å². The van der Waals surface area contributed by atoms with Gasteiger partial charge in [-0.1, -0.05) is 19.1 Å². The van der Waals surface area contributed by atoms with Gasteiger partial charge in [0, 0.05) is 19.6 Å². The summed E-state index contributed by atoms with van der Waals surface area (Å²) in [6, 6.07) is 6.95. The van der Waals surface area contributed by atoms with E-state index < -0.39 is 6.43 Å². The zero-order chi connectivity index (χ0) is 19.5. The molecule has 28 heavy (non-hydrogen) atoms. The first-order valence-corrected chi connectivity index (χ1v) is 9.26. The molecule has 0 unspecified atom stereocenters. The van der Waals surface area contributed by atoms with Crippen molar-refractivity contribution in [2.24, 2.45) is 0 Å². The first-order chi connectivity index (χ1) is 13.7. The zero-order valence-electron chi connectivity index (χ0n) is 15.5. The van der Waals surface area contributed by atoms with Crippen molar-refractivity contribution in [1.82, 2.24) is 24.5 Å². The Morgan fingerprint density at radius 3 is 2.57 bits per heavy atom. The maximum Gasteiger partial charge on any atom is 0.296 e. The van der Waals surface area contributed by atoms with Gasteiger partial charge in [0.25, 0.3) is 6.43 Å². The second kappa shape index (κ2) is 8.01. The van der Waals surface area contributed by atoms with Crippen LogP contribution in [0, 0.1) is 0 Å². The predicted octanol–water partition coefficient (Wildman–Crippen LogP) is 2.81. The molecule has 0 radical (unpaired) electrons. The molecule has 0 atom stereocenters. The molecule has 0 spiro atoms. The highest BCUT2D eigenvalue weighted by Gasteiger charge is 2.24. The average Bonchev–Trinajstić information content (AvgIpc) is 3.13. The number of halogens is 2. The molecule has 3 heterocycles. The van der Waals surface area contributed by atoms with Gasteiger partial charge in [0.2, 0.25) is 17.8 Å². The molecule has 1 aliphatic heterocycles. The smallest absolute Gasteiger partial charge is 0.296 e. The van der Waals surface area contributed by atoms with Crippen molar-refractivity contribution in [1.29, 1.82) is 0 Å². The van der Waals surface area contributed by atoms with Gasteiger partial charge in [-0.05, 0) is 18.6 Å². The number of alkyl halides is 2. The van der Waals surface area contributed by atoms with Gasteiger partial charge in [-0.25, -0.2) is 13.8 Å². The van der Waals surface area contributed by atoms with Crippen LogP contribution in [0.2, 0.25) is 0 Å². The monoisotopic (exact) mass is 389 g/mol. The summed E-state index contributed by atoms with van der Waals surface area (Å²) in [4.78, 5) is 19.4. The van der Waals surface area contributed by atoms with Crippen molar-refractivity contribution in [3.8, 4) is 5.95 Å². The fourth-order valence-corrected chi connectivity index (χ4v) is 3.08. The Kier molecular flexibility index (Phi) is 5.29. The van der Waals surface area contributed by atoms with E-state index in [9.17, 15) is 8.78 Å². The van der Waals surface area contributed by atoms with E-state index in [1.807, 2.05) is 11.8 Å². The molecule has 148 valence electrons. The quantitative estimate of drug-likeness (QED) is 0.694. The maximum absolute atomic E-state index is 13.7. The summed E-state index contributed by atoms with van der Waals surface area (Å²) in [6.07, 6.45) is -1.88. The number of nitrogens with zero attached hydrogens (tertiary/aromatic N) is 6. The van der Waals surface area contributed by atoms with E-state index >= 15 is 0 Å². The molecule has 0 aliphatic carbocycles. The molecule has 0 saturated carbocycles. The molecular weight excluding hydrogens is 368 g/mol. The molecule has 0 bridgehead atoms. The summed E-state index contributed by atoms with van der Waals surface area (Å²) >= 11 is 0. The fraction of sp³-hybridized carbons (Fsp3) is 0.444. The Morgan fingerprint density at radius 1 is 1.07 bits per heavy atom. The number of morpholine rings is 1. The SMILES string of the molecule is CCCNc1nc(N2CCOCC2)nc(-n2c(C(F)F)nc3ccccc32)n1. The van der Waals surface area contributed by atoms with Crippen LogP contribution in [-0.2, 0) is 4.74 Å². The lowest BCUT2D eigenvalue weighted by Gasteiger charge is -2.27. The third-order valence-corrected chi connectivity index (χ3v) is 4.42. The van der Waals surface area contributed by atoms with E-state index in [2.05, 4.69) is 25.3 Å². The number of para-hydroxylation sites is 2. The van der Waals surface area contributed by atoms with Crippen LogP contribution in [0.1, 0.15) is 25.6 Å². The Hall–Kier alpha value is -2.88. The molecule has 1 aliphatic rings. The van der Waals surface area contributed by atoms with E-state index in [-0.39, 0.29) is 11.8 Å². The molecule has 1 saturated heterocycles. The van der Waals surface area contributed by atoms with Crippen molar-refractivity contribution in [2.75, 3.05) is 43.1 Å². The van der Waals surface area contributed by atoms with Gasteiger partial charge in [0.15, 0.2) is 5.82 Å². The van der Waals surface area contributed by atoms with Crippen LogP contribution in [0.5, 0.6) is 0 Å². The van der Waals surface area contributed by atoms with Crippen LogP contribution in [0.25, 0.3) is 17.0 Å². The number of benzene rings is 1. The normalized spacial score (nSPS) is 14.8. The van der Waals surface area contributed by atoms with E-state index in [1.165, 1.54) is 4.57 Å². The number of fused-ring (bicyclic) bond motifs is 1. The minimum Gasteiger partial charge on any atom is -0.378 e. The lowest BCUT2D eigenvalue weighted by molar-refractivity contribution is 0.122. The van der Waals surface area contributed by atoms with Gasteiger partial charge in [0.05, 0.1) is 24.2 Å². The first kappa shape index (κ1) is 18.5. The average molecular weight is 389 g/mol. The highest BCUT2D eigenvalue weighted by molar-refractivity contribution is 5.77. The summed E-state index contributed by atoms with van der Waals surface area (Å²) in [6.45, 7) is 5.07. The van der Waals surface area contributed by atoms with Crippen LogP contribution in [0.4, 0.5) is 20.7 Å². The minimum atomic E-state index is -2.76. The van der Waals surface area contributed by atoms with Crippen LogP contribution in [0.15, 0.2) is 24.3 Å². The van der Waals surface area contributed by atoms with Crippen LogP contribution in [0.3, 0.4) is 0 Å². The fourth-order valence-electron chi connectivity index (χ4n) is 3.08. The van der Waals surface area contributed by atoms with E-state index in [1.54, 1.807) is 24.3 Å². The lowest BCUT2D eigenvalue weighted by atomic mass is 10.3. The predicted molar refractivity (Wildman–Crippen MR) is 101 cm³/mol.